The molecule has 2 heteroatoms. The molecule has 0 radical (unpaired) electrons. The van der Waals surface area contributed by atoms with Crippen LogP contribution in [-0.2, 0) is 6.42 Å². The minimum Gasteiger partial charge on any atom is -0.387 e. The summed E-state index contributed by atoms with van der Waals surface area (Å²) in [6, 6.07) is 8.66. The molecule has 1 heterocycles. The van der Waals surface area contributed by atoms with Gasteiger partial charge in [-0.05, 0) is 42.3 Å². The Hall–Kier alpha value is -0.860. The third-order valence-electron chi connectivity index (χ3n) is 4.84. The highest BCUT2D eigenvalue weighted by Gasteiger charge is 2.38. The Morgan fingerprint density at radius 1 is 1.28 bits per heavy atom. The Morgan fingerprint density at radius 3 is 2.72 bits per heavy atom. The number of nitrogens with zero attached hydrogens (tertiary/aromatic N) is 1. The first-order valence-corrected chi connectivity index (χ1v) is 7.16. The summed E-state index contributed by atoms with van der Waals surface area (Å²) in [6.07, 6.45) is 2.02. The summed E-state index contributed by atoms with van der Waals surface area (Å²) in [5.74, 6) is 1.57. The summed E-state index contributed by atoms with van der Waals surface area (Å²) < 4.78 is 0. The maximum atomic E-state index is 10.5. The number of aliphatic hydroxyl groups is 1. The van der Waals surface area contributed by atoms with Crippen molar-refractivity contribution in [3.05, 3.63) is 35.4 Å². The van der Waals surface area contributed by atoms with Crippen LogP contribution in [0.3, 0.4) is 0 Å². The van der Waals surface area contributed by atoms with Gasteiger partial charge in [0.15, 0.2) is 0 Å². The smallest absolute Gasteiger partial charge is 0.0951 e. The molecule has 2 aliphatic rings. The molecule has 1 aromatic carbocycles. The van der Waals surface area contributed by atoms with E-state index in [2.05, 4.69) is 36.9 Å². The number of hydrogen-bond acceptors (Lipinski definition) is 2. The first kappa shape index (κ1) is 12.2. The van der Waals surface area contributed by atoms with Crippen molar-refractivity contribution < 1.29 is 5.11 Å². The third kappa shape index (κ3) is 1.98. The molecule has 3 rings (SSSR count). The molecular formula is C16H23NO. The molecule has 0 aromatic heterocycles. The van der Waals surface area contributed by atoms with Gasteiger partial charge in [0.1, 0.15) is 0 Å². The molecule has 1 N–H and O–H groups in total. The predicted octanol–water partition coefficient (Wildman–Crippen LogP) is 2.62. The molecular weight excluding hydrogens is 222 g/mol. The van der Waals surface area contributed by atoms with Crippen molar-refractivity contribution in [3.63, 3.8) is 0 Å². The summed E-state index contributed by atoms with van der Waals surface area (Å²) >= 11 is 0. The zero-order valence-corrected chi connectivity index (χ0v) is 11.3. The average Bonchev–Trinajstić information content (AvgIpc) is 2.95. The van der Waals surface area contributed by atoms with E-state index in [0.717, 1.165) is 36.9 Å². The highest BCUT2D eigenvalue weighted by Crippen LogP contribution is 2.37. The van der Waals surface area contributed by atoms with Gasteiger partial charge in [0.25, 0.3) is 0 Å². The molecule has 98 valence electrons. The van der Waals surface area contributed by atoms with Gasteiger partial charge < -0.3 is 5.11 Å². The van der Waals surface area contributed by atoms with Gasteiger partial charge in [-0.1, -0.05) is 38.1 Å². The van der Waals surface area contributed by atoms with Gasteiger partial charge in [0, 0.05) is 12.6 Å². The summed E-state index contributed by atoms with van der Waals surface area (Å²) in [4.78, 5) is 2.51. The second-order valence-electron chi connectivity index (χ2n) is 6.20. The van der Waals surface area contributed by atoms with E-state index in [0.29, 0.717) is 6.04 Å². The maximum absolute atomic E-state index is 10.5. The standard InChI is InChI=1S/C16H23NO/c1-11(2)13-7-8-17(10-13)15-9-12-5-3-4-6-14(12)16(15)18/h3-6,11,13,15-16,18H,7-10H2,1-2H3. The van der Waals surface area contributed by atoms with E-state index in [1.54, 1.807) is 0 Å². The monoisotopic (exact) mass is 245 g/mol. The van der Waals surface area contributed by atoms with Crippen molar-refractivity contribution in [2.24, 2.45) is 11.8 Å². The van der Waals surface area contributed by atoms with Crippen LogP contribution in [0.4, 0.5) is 0 Å². The van der Waals surface area contributed by atoms with Crippen molar-refractivity contribution in [2.75, 3.05) is 13.1 Å². The zero-order chi connectivity index (χ0) is 12.7. The van der Waals surface area contributed by atoms with Crippen LogP contribution in [0, 0.1) is 11.8 Å². The molecule has 3 unspecified atom stereocenters. The first-order valence-electron chi connectivity index (χ1n) is 7.16. The minimum atomic E-state index is -0.285. The van der Waals surface area contributed by atoms with Gasteiger partial charge in [0.05, 0.1) is 6.10 Å². The van der Waals surface area contributed by atoms with Crippen LogP contribution in [0.5, 0.6) is 0 Å². The maximum Gasteiger partial charge on any atom is 0.0951 e. The minimum absolute atomic E-state index is 0.285. The Balaban J connectivity index is 1.73. The van der Waals surface area contributed by atoms with E-state index in [-0.39, 0.29) is 6.10 Å². The first-order chi connectivity index (χ1) is 8.66. The van der Waals surface area contributed by atoms with Crippen molar-refractivity contribution in [3.8, 4) is 0 Å². The lowest BCUT2D eigenvalue weighted by Gasteiger charge is -2.27. The second-order valence-corrected chi connectivity index (χ2v) is 6.20. The van der Waals surface area contributed by atoms with Crippen molar-refractivity contribution >= 4 is 0 Å². The zero-order valence-electron chi connectivity index (χ0n) is 11.3. The van der Waals surface area contributed by atoms with Crippen LogP contribution in [0.2, 0.25) is 0 Å². The van der Waals surface area contributed by atoms with E-state index in [9.17, 15) is 5.11 Å². The highest BCUT2D eigenvalue weighted by molar-refractivity contribution is 5.36. The van der Waals surface area contributed by atoms with E-state index >= 15 is 0 Å². The molecule has 18 heavy (non-hydrogen) atoms. The van der Waals surface area contributed by atoms with Crippen LogP contribution < -0.4 is 0 Å². The van der Waals surface area contributed by atoms with E-state index in [1.807, 2.05) is 6.07 Å². The number of likely N-dealkylation sites (tertiary alicyclic amines) is 1. The number of hydrogen-bond donors (Lipinski definition) is 1. The second kappa shape index (κ2) is 4.67. The van der Waals surface area contributed by atoms with Gasteiger partial charge in [-0.3, -0.25) is 4.90 Å². The topological polar surface area (TPSA) is 23.5 Å². The Bertz CT molecular complexity index is 429. The fourth-order valence-electron chi connectivity index (χ4n) is 3.54. The van der Waals surface area contributed by atoms with E-state index < -0.39 is 0 Å². The number of benzene rings is 1. The lowest BCUT2D eigenvalue weighted by atomic mass is 9.95. The van der Waals surface area contributed by atoms with E-state index in [4.69, 9.17) is 0 Å². The molecule has 3 atom stereocenters. The van der Waals surface area contributed by atoms with Crippen LogP contribution >= 0.6 is 0 Å². The number of fused-ring (bicyclic) bond motifs is 1. The summed E-state index contributed by atoms with van der Waals surface area (Å²) in [6.45, 7) is 6.94. The van der Waals surface area contributed by atoms with Crippen LogP contribution in [0.15, 0.2) is 24.3 Å². The summed E-state index contributed by atoms with van der Waals surface area (Å²) in [5.41, 5.74) is 2.48. The molecule has 0 saturated carbocycles. The molecule has 0 bridgehead atoms. The molecule has 1 aliphatic carbocycles. The van der Waals surface area contributed by atoms with Crippen molar-refractivity contribution in [1.82, 2.24) is 4.90 Å². The molecule has 1 fully saturated rings. The van der Waals surface area contributed by atoms with Crippen LogP contribution in [0.1, 0.15) is 37.5 Å². The van der Waals surface area contributed by atoms with Crippen molar-refractivity contribution in [1.29, 1.82) is 0 Å². The molecule has 1 aliphatic heterocycles. The third-order valence-corrected chi connectivity index (χ3v) is 4.84. The molecule has 0 amide bonds. The van der Waals surface area contributed by atoms with Gasteiger partial charge in [-0.25, -0.2) is 0 Å². The van der Waals surface area contributed by atoms with Gasteiger partial charge in [-0.15, -0.1) is 0 Å². The normalized spacial score (nSPS) is 32.1. The Kier molecular flexibility index (Phi) is 3.16. The van der Waals surface area contributed by atoms with E-state index in [1.165, 1.54) is 12.0 Å². The predicted molar refractivity (Wildman–Crippen MR) is 73.4 cm³/mol. The quantitative estimate of drug-likeness (QED) is 0.866. The van der Waals surface area contributed by atoms with Crippen molar-refractivity contribution in [2.45, 2.75) is 38.8 Å². The molecule has 0 spiro atoms. The fraction of sp³-hybridized carbons (Fsp3) is 0.625. The molecule has 2 nitrogen and oxygen atoms in total. The Morgan fingerprint density at radius 2 is 2.06 bits per heavy atom. The van der Waals surface area contributed by atoms with Gasteiger partial charge in [0.2, 0.25) is 0 Å². The number of rotatable bonds is 2. The summed E-state index contributed by atoms with van der Waals surface area (Å²) in [7, 11) is 0. The average molecular weight is 245 g/mol. The fourth-order valence-corrected chi connectivity index (χ4v) is 3.54. The van der Waals surface area contributed by atoms with Crippen LogP contribution in [-0.4, -0.2) is 29.1 Å². The summed E-state index contributed by atoms with van der Waals surface area (Å²) in [5, 5.41) is 10.5. The lowest BCUT2D eigenvalue weighted by Crippen LogP contribution is -2.36. The number of aliphatic hydroxyl groups excluding tert-OH is 1. The lowest BCUT2D eigenvalue weighted by molar-refractivity contribution is 0.0714. The SMILES string of the molecule is CC(C)C1CCN(C2Cc3ccccc3C2O)C1. The highest BCUT2D eigenvalue weighted by atomic mass is 16.3. The van der Waals surface area contributed by atoms with Gasteiger partial charge in [-0.2, -0.15) is 0 Å². The van der Waals surface area contributed by atoms with Gasteiger partial charge >= 0.3 is 0 Å². The molecule has 1 saturated heterocycles. The van der Waals surface area contributed by atoms with Crippen LogP contribution in [0.25, 0.3) is 0 Å². The largest absolute Gasteiger partial charge is 0.387 e. The Labute approximate surface area is 110 Å². The molecule has 1 aromatic rings.